The molecule has 1 unspecified atom stereocenters. The number of allylic oxidation sites excluding steroid dienone is 5. The minimum absolute atomic E-state index is 0.0900. The number of likely N-dealkylation sites (N-methyl/N-ethyl adjacent to an activating group) is 1. The predicted molar refractivity (Wildman–Crippen MR) is 114 cm³/mol. The second-order valence-corrected chi connectivity index (χ2v) is 7.35. The topological polar surface area (TPSA) is 41.6 Å². The Kier molecular flexibility index (Phi) is 6.63. The molecular weight excluding hydrogens is 372 g/mol. The van der Waals surface area contributed by atoms with Gasteiger partial charge in [-0.3, -0.25) is 4.79 Å². The van der Waals surface area contributed by atoms with Gasteiger partial charge >= 0.3 is 0 Å². The van der Waals surface area contributed by atoms with Crippen LogP contribution in [0.2, 0.25) is 0 Å². The summed E-state index contributed by atoms with van der Waals surface area (Å²) in [5, 5.41) is 4.09. The van der Waals surface area contributed by atoms with Crippen LogP contribution in [0.15, 0.2) is 70.4 Å². The smallest absolute Gasteiger partial charge is 0.223 e. The van der Waals surface area contributed by atoms with Crippen molar-refractivity contribution >= 4 is 17.5 Å². The van der Waals surface area contributed by atoms with Gasteiger partial charge in [-0.2, -0.15) is 0 Å². The van der Waals surface area contributed by atoms with Gasteiger partial charge in [-0.05, 0) is 47.4 Å². The number of hydrogen-bond acceptors (Lipinski definition) is 3. The molecule has 0 bridgehead atoms. The van der Waals surface area contributed by atoms with Crippen LogP contribution >= 0.6 is 11.6 Å². The first-order chi connectivity index (χ1) is 13.6. The summed E-state index contributed by atoms with van der Waals surface area (Å²) >= 11 is 6.24. The summed E-state index contributed by atoms with van der Waals surface area (Å²) in [6.07, 6.45) is 10.4. The summed E-state index contributed by atoms with van der Waals surface area (Å²) < 4.78 is 5.28. The highest BCUT2D eigenvalue weighted by Gasteiger charge is 2.28. The summed E-state index contributed by atoms with van der Waals surface area (Å²) in [6, 6.07) is 7.87. The van der Waals surface area contributed by atoms with E-state index in [0.29, 0.717) is 19.4 Å². The van der Waals surface area contributed by atoms with Crippen LogP contribution in [0.25, 0.3) is 0 Å². The Labute approximate surface area is 172 Å². The lowest BCUT2D eigenvalue weighted by Gasteiger charge is -2.35. The molecule has 0 aromatic heterocycles. The number of hydrogen-bond donors (Lipinski definition) is 1. The third-order valence-electron chi connectivity index (χ3n) is 5.23. The predicted octanol–water partition coefficient (Wildman–Crippen LogP) is 4.86. The number of halogens is 1. The largest absolute Gasteiger partial charge is 0.497 e. The summed E-state index contributed by atoms with van der Waals surface area (Å²) in [5.41, 5.74) is 4.53. The fourth-order valence-corrected chi connectivity index (χ4v) is 3.83. The highest BCUT2D eigenvalue weighted by atomic mass is 35.5. The van der Waals surface area contributed by atoms with Gasteiger partial charge in [-0.25, -0.2) is 0 Å². The van der Waals surface area contributed by atoms with Crippen LogP contribution in [0, 0.1) is 0 Å². The second kappa shape index (κ2) is 9.16. The fourth-order valence-electron chi connectivity index (χ4n) is 3.69. The molecule has 1 aliphatic heterocycles. The van der Waals surface area contributed by atoms with Gasteiger partial charge in [0, 0.05) is 37.2 Å². The number of nitrogens with zero attached hydrogens (tertiary/aromatic N) is 1. The van der Waals surface area contributed by atoms with E-state index in [1.165, 1.54) is 5.57 Å². The Balaban J connectivity index is 2.00. The van der Waals surface area contributed by atoms with Crippen molar-refractivity contribution in [3.8, 4) is 5.75 Å². The lowest BCUT2D eigenvalue weighted by atomic mass is 9.90. The van der Waals surface area contributed by atoms with Crippen molar-refractivity contribution in [2.24, 2.45) is 0 Å². The summed E-state index contributed by atoms with van der Waals surface area (Å²) in [5.74, 6) is 0.977. The Morgan fingerprint density at radius 3 is 2.68 bits per heavy atom. The number of carbonyl (C=O) groups excluding carboxylic acids is 1. The van der Waals surface area contributed by atoms with Crippen LogP contribution in [0.3, 0.4) is 0 Å². The van der Waals surface area contributed by atoms with Gasteiger partial charge in [-0.15, -0.1) is 0 Å². The van der Waals surface area contributed by atoms with Crippen LogP contribution in [-0.4, -0.2) is 31.5 Å². The van der Waals surface area contributed by atoms with E-state index < -0.39 is 0 Å². The molecule has 4 nitrogen and oxygen atoms in total. The zero-order valence-electron chi connectivity index (χ0n) is 16.7. The number of amides is 1. The number of benzene rings is 1. The lowest BCUT2D eigenvalue weighted by molar-refractivity contribution is -0.132. The van der Waals surface area contributed by atoms with Crippen molar-refractivity contribution in [2.75, 3.05) is 20.7 Å². The van der Waals surface area contributed by atoms with Gasteiger partial charge in [-0.1, -0.05) is 42.8 Å². The van der Waals surface area contributed by atoms with Crippen LogP contribution < -0.4 is 10.1 Å². The van der Waals surface area contributed by atoms with Crippen molar-refractivity contribution in [2.45, 2.75) is 32.2 Å². The molecule has 28 heavy (non-hydrogen) atoms. The molecule has 2 aliphatic rings. The number of rotatable bonds is 5. The van der Waals surface area contributed by atoms with E-state index in [-0.39, 0.29) is 11.9 Å². The molecule has 0 radical (unpaired) electrons. The molecule has 0 saturated carbocycles. The highest BCUT2D eigenvalue weighted by Crippen LogP contribution is 2.36. The molecule has 5 heteroatoms. The summed E-state index contributed by atoms with van der Waals surface area (Å²) in [7, 11) is 3.58. The standard InChI is InChI=1S/C23H27ClN2O2/c1-4-23(27)26-14-13-17(20-11-7-18(24)8-12-21(20)25-2)15-22(26)16-5-9-19(28-3)10-6-16/h5-6,8-12,15,22,25H,4,7,13-14H2,1-3H3. The number of nitrogens with one attached hydrogen (secondary N) is 1. The normalized spacial score (nSPS) is 19.7. The van der Waals surface area contributed by atoms with E-state index in [4.69, 9.17) is 16.3 Å². The van der Waals surface area contributed by atoms with E-state index in [9.17, 15) is 4.79 Å². The highest BCUT2D eigenvalue weighted by molar-refractivity contribution is 6.29. The van der Waals surface area contributed by atoms with Crippen molar-refractivity contribution in [1.29, 1.82) is 0 Å². The maximum Gasteiger partial charge on any atom is 0.223 e. The Hall–Kier alpha value is -2.46. The average molecular weight is 399 g/mol. The molecule has 1 aromatic carbocycles. The minimum atomic E-state index is -0.0900. The number of methoxy groups -OCH3 is 1. The lowest BCUT2D eigenvalue weighted by Crippen LogP contribution is -2.37. The summed E-state index contributed by atoms with van der Waals surface area (Å²) in [4.78, 5) is 14.6. The van der Waals surface area contributed by atoms with E-state index in [2.05, 4.69) is 17.5 Å². The maximum absolute atomic E-state index is 12.6. The second-order valence-electron chi connectivity index (χ2n) is 6.87. The molecule has 0 spiro atoms. The third-order valence-corrected chi connectivity index (χ3v) is 5.51. The van der Waals surface area contributed by atoms with Crippen LogP contribution in [-0.2, 0) is 4.79 Å². The molecular formula is C23H27ClN2O2. The fraction of sp³-hybridized carbons (Fsp3) is 0.348. The van der Waals surface area contributed by atoms with Gasteiger partial charge in [0.15, 0.2) is 0 Å². The quantitative estimate of drug-likeness (QED) is 0.769. The molecule has 1 N–H and O–H groups in total. The first-order valence-corrected chi connectivity index (χ1v) is 10.0. The molecule has 148 valence electrons. The van der Waals surface area contributed by atoms with Gasteiger partial charge < -0.3 is 15.0 Å². The number of ether oxygens (including phenoxy) is 1. The van der Waals surface area contributed by atoms with Crippen molar-refractivity contribution in [1.82, 2.24) is 10.2 Å². The van der Waals surface area contributed by atoms with Gasteiger partial charge in [0.25, 0.3) is 0 Å². The monoisotopic (exact) mass is 398 g/mol. The zero-order chi connectivity index (χ0) is 20.1. The minimum Gasteiger partial charge on any atom is -0.497 e. The third kappa shape index (κ3) is 4.33. The molecule has 1 aromatic rings. The van der Waals surface area contributed by atoms with Crippen molar-refractivity contribution in [3.05, 3.63) is 76.0 Å². The maximum atomic E-state index is 12.6. The van der Waals surface area contributed by atoms with E-state index >= 15 is 0 Å². The Morgan fingerprint density at radius 2 is 2.04 bits per heavy atom. The van der Waals surface area contributed by atoms with Gasteiger partial charge in [0.05, 0.1) is 13.2 Å². The first kappa shape index (κ1) is 20.3. The van der Waals surface area contributed by atoms with Gasteiger partial charge in [0.1, 0.15) is 5.75 Å². The number of carbonyl (C=O) groups is 1. The molecule has 3 rings (SSSR count). The summed E-state index contributed by atoms with van der Waals surface area (Å²) in [6.45, 7) is 2.61. The first-order valence-electron chi connectivity index (χ1n) is 9.66. The van der Waals surface area contributed by atoms with Gasteiger partial charge in [0.2, 0.25) is 5.91 Å². The molecule has 1 amide bonds. The van der Waals surface area contributed by atoms with E-state index in [1.807, 2.05) is 55.3 Å². The molecule has 1 aliphatic carbocycles. The van der Waals surface area contributed by atoms with E-state index in [1.54, 1.807) is 7.11 Å². The molecule has 0 fully saturated rings. The zero-order valence-corrected chi connectivity index (χ0v) is 17.4. The molecule has 0 saturated heterocycles. The molecule has 1 heterocycles. The Bertz CT molecular complexity index is 850. The van der Waals surface area contributed by atoms with Crippen molar-refractivity contribution < 1.29 is 9.53 Å². The SMILES string of the molecule is CCC(=O)N1CCC(C2=CCC(Cl)=CC=C2NC)=CC1c1ccc(OC)cc1. The van der Waals surface area contributed by atoms with Crippen LogP contribution in [0.5, 0.6) is 5.75 Å². The molecule has 1 atom stereocenters. The van der Waals surface area contributed by atoms with Crippen LogP contribution in [0.4, 0.5) is 0 Å². The van der Waals surface area contributed by atoms with Crippen LogP contribution in [0.1, 0.15) is 37.8 Å². The Morgan fingerprint density at radius 1 is 1.29 bits per heavy atom. The van der Waals surface area contributed by atoms with Crippen molar-refractivity contribution in [3.63, 3.8) is 0 Å². The average Bonchev–Trinajstić information content (AvgIpc) is 2.94. The van der Waals surface area contributed by atoms with E-state index in [0.717, 1.165) is 34.0 Å².